The zero-order valence-corrected chi connectivity index (χ0v) is 21.2. The van der Waals surface area contributed by atoms with Crippen molar-refractivity contribution in [2.24, 2.45) is 0 Å². The molecule has 3 N–H and O–H groups in total. The topological polar surface area (TPSA) is 57.2 Å². The summed E-state index contributed by atoms with van der Waals surface area (Å²) in [5.41, 5.74) is -0.200. The number of nitrogens with zero attached hydrogens (tertiary/aromatic N) is 1. The summed E-state index contributed by atoms with van der Waals surface area (Å²) in [4.78, 5) is 3.59. The molecule has 4 nitrogen and oxygen atoms in total. The average Bonchev–Trinajstić information content (AvgIpc) is 2.94. The lowest BCUT2D eigenvalue weighted by molar-refractivity contribution is -0.141. The normalized spacial score (nSPS) is 13.0. The van der Waals surface area contributed by atoms with Crippen LogP contribution in [0.25, 0.3) is 11.3 Å². The van der Waals surface area contributed by atoms with E-state index in [0.29, 0.717) is 13.1 Å². The van der Waals surface area contributed by atoms with Crippen LogP contribution in [0.5, 0.6) is 0 Å². The average molecular weight is 560 g/mol. The van der Waals surface area contributed by atoms with Crippen LogP contribution in [0.3, 0.4) is 0 Å². The van der Waals surface area contributed by atoms with Crippen LogP contribution in [-0.2, 0) is 12.4 Å². The molecule has 0 aliphatic carbocycles. The third-order valence-electron chi connectivity index (χ3n) is 6.28. The van der Waals surface area contributed by atoms with E-state index in [-0.39, 0.29) is 29.4 Å². The number of hydrogen-bond acceptors (Lipinski definition) is 4. The molecule has 0 aliphatic rings. The first-order valence-electron chi connectivity index (χ1n) is 12.5. The van der Waals surface area contributed by atoms with Gasteiger partial charge in [0.25, 0.3) is 0 Å². The molecule has 0 fully saturated rings. The molecule has 0 radical (unpaired) electrons. The van der Waals surface area contributed by atoms with Crippen LogP contribution in [0.2, 0.25) is 0 Å². The standard InChI is InChI=1S/C30H27F6N3O/c31-29(32,33)24-13-11-20(12-14-24)25-17-23(18-27(39-25)30(34,35)36)26(40)19-37-15-16-38-28(21-7-3-1-4-8-21)22-9-5-2-6-10-22/h1-14,17-18,26,28,37-38,40H,15-16,19H2/t26-/m0/s1. The smallest absolute Gasteiger partial charge is 0.387 e. The number of aromatic nitrogens is 1. The second-order valence-corrected chi connectivity index (χ2v) is 9.17. The van der Waals surface area contributed by atoms with E-state index in [1.165, 1.54) is 6.07 Å². The lowest BCUT2D eigenvalue weighted by atomic mass is 9.99. The second-order valence-electron chi connectivity index (χ2n) is 9.17. The molecule has 0 spiro atoms. The van der Waals surface area contributed by atoms with Gasteiger partial charge in [-0.2, -0.15) is 26.3 Å². The van der Waals surface area contributed by atoms with E-state index in [4.69, 9.17) is 0 Å². The summed E-state index contributed by atoms with van der Waals surface area (Å²) in [6.45, 7) is 0.870. The van der Waals surface area contributed by atoms with Gasteiger partial charge < -0.3 is 15.7 Å². The van der Waals surface area contributed by atoms with Crippen LogP contribution in [0.4, 0.5) is 26.3 Å². The van der Waals surface area contributed by atoms with Gasteiger partial charge in [0.2, 0.25) is 0 Å². The van der Waals surface area contributed by atoms with Crippen molar-refractivity contribution in [3.05, 3.63) is 125 Å². The Bertz CT molecular complexity index is 1320. The van der Waals surface area contributed by atoms with Crippen LogP contribution in [0, 0.1) is 0 Å². The number of hydrogen-bond donors (Lipinski definition) is 3. The molecule has 0 unspecified atom stereocenters. The van der Waals surface area contributed by atoms with Crippen LogP contribution < -0.4 is 10.6 Å². The van der Waals surface area contributed by atoms with Gasteiger partial charge in [0.05, 0.1) is 23.4 Å². The van der Waals surface area contributed by atoms with Gasteiger partial charge in [-0.15, -0.1) is 0 Å². The maximum atomic E-state index is 13.5. The van der Waals surface area contributed by atoms with Crippen LogP contribution in [-0.4, -0.2) is 29.7 Å². The molecule has 1 aromatic heterocycles. The van der Waals surface area contributed by atoms with Crippen molar-refractivity contribution >= 4 is 0 Å². The van der Waals surface area contributed by atoms with Crippen molar-refractivity contribution in [3.63, 3.8) is 0 Å². The molecule has 0 aliphatic heterocycles. The van der Waals surface area contributed by atoms with Crippen molar-refractivity contribution in [2.75, 3.05) is 19.6 Å². The summed E-state index contributed by atoms with van der Waals surface area (Å²) in [5.74, 6) is 0. The van der Waals surface area contributed by atoms with Gasteiger partial charge in [-0.05, 0) is 41.0 Å². The fourth-order valence-electron chi connectivity index (χ4n) is 4.25. The second kappa shape index (κ2) is 12.6. The molecule has 0 bridgehead atoms. The number of halogens is 6. The number of benzene rings is 3. The zero-order chi connectivity index (χ0) is 28.8. The number of alkyl halides is 6. The number of aliphatic hydroxyl groups excluding tert-OH is 1. The van der Waals surface area contributed by atoms with E-state index < -0.39 is 29.7 Å². The number of nitrogens with one attached hydrogen (secondary N) is 2. The molecular weight excluding hydrogens is 532 g/mol. The van der Waals surface area contributed by atoms with Crippen LogP contribution >= 0.6 is 0 Å². The van der Waals surface area contributed by atoms with Crippen molar-refractivity contribution in [3.8, 4) is 11.3 Å². The molecule has 4 rings (SSSR count). The van der Waals surface area contributed by atoms with Crippen LogP contribution in [0.1, 0.15) is 40.1 Å². The molecule has 0 amide bonds. The minimum absolute atomic E-state index is 0.0449. The SMILES string of the molecule is O[C@@H](CNCCNC(c1ccccc1)c1ccccc1)c1cc(-c2ccc(C(F)(F)F)cc2)nc(C(F)(F)F)c1. The molecule has 3 aromatic carbocycles. The highest BCUT2D eigenvalue weighted by Crippen LogP contribution is 2.34. The Labute approximate surface area is 227 Å². The zero-order valence-electron chi connectivity index (χ0n) is 21.2. The predicted molar refractivity (Wildman–Crippen MR) is 140 cm³/mol. The minimum Gasteiger partial charge on any atom is -0.387 e. The first-order chi connectivity index (χ1) is 19.0. The van der Waals surface area contributed by atoms with Gasteiger partial charge >= 0.3 is 12.4 Å². The van der Waals surface area contributed by atoms with Gasteiger partial charge in [-0.25, -0.2) is 4.98 Å². The molecule has 210 valence electrons. The minimum atomic E-state index is -4.81. The number of aliphatic hydroxyl groups is 1. The molecule has 0 saturated heterocycles. The fraction of sp³-hybridized carbons (Fsp3) is 0.233. The molecule has 1 heterocycles. The van der Waals surface area contributed by atoms with E-state index in [9.17, 15) is 31.4 Å². The Morgan fingerprint density at radius 2 is 1.25 bits per heavy atom. The summed E-state index contributed by atoms with van der Waals surface area (Å²) in [6, 6.07) is 25.3. The van der Waals surface area contributed by atoms with E-state index >= 15 is 0 Å². The Morgan fingerprint density at radius 1 is 0.675 bits per heavy atom. The van der Waals surface area contributed by atoms with E-state index in [1.807, 2.05) is 60.7 Å². The Hall–Kier alpha value is -3.73. The Kier molecular flexibility index (Phi) is 9.24. The summed E-state index contributed by atoms with van der Waals surface area (Å²) in [6.07, 6.45) is -10.7. The molecule has 4 aromatic rings. The molecule has 40 heavy (non-hydrogen) atoms. The van der Waals surface area contributed by atoms with E-state index in [2.05, 4.69) is 15.6 Å². The van der Waals surface area contributed by atoms with Crippen molar-refractivity contribution in [2.45, 2.75) is 24.5 Å². The van der Waals surface area contributed by atoms with Gasteiger partial charge in [0.15, 0.2) is 0 Å². The van der Waals surface area contributed by atoms with E-state index in [0.717, 1.165) is 41.5 Å². The molecule has 10 heteroatoms. The number of rotatable bonds is 10. The van der Waals surface area contributed by atoms with Crippen molar-refractivity contribution in [1.82, 2.24) is 15.6 Å². The summed E-state index contributed by atoms with van der Waals surface area (Å²) in [5, 5.41) is 17.2. The number of pyridine rings is 1. The van der Waals surface area contributed by atoms with Gasteiger partial charge in [0, 0.05) is 25.2 Å². The van der Waals surface area contributed by atoms with Crippen molar-refractivity contribution < 1.29 is 31.4 Å². The Morgan fingerprint density at radius 3 is 1.77 bits per heavy atom. The highest BCUT2D eigenvalue weighted by molar-refractivity contribution is 5.61. The molecular formula is C30H27F6N3O. The first-order valence-corrected chi connectivity index (χ1v) is 12.5. The maximum Gasteiger partial charge on any atom is 0.433 e. The summed E-state index contributed by atoms with van der Waals surface area (Å²) >= 11 is 0. The lowest BCUT2D eigenvalue weighted by Crippen LogP contribution is -2.32. The quantitative estimate of drug-likeness (QED) is 0.148. The fourth-order valence-corrected chi connectivity index (χ4v) is 4.25. The van der Waals surface area contributed by atoms with Gasteiger partial charge in [-0.1, -0.05) is 72.8 Å². The van der Waals surface area contributed by atoms with E-state index in [1.54, 1.807) is 0 Å². The highest BCUT2D eigenvalue weighted by Gasteiger charge is 2.34. The lowest BCUT2D eigenvalue weighted by Gasteiger charge is -2.21. The van der Waals surface area contributed by atoms with Crippen LogP contribution in [0.15, 0.2) is 97.1 Å². The monoisotopic (exact) mass is 559 g/mol. The molecule has 0 saturated carbocycles. The summed E-state index contributed by atoms with van der Waals surface area (Å²) in [7, 11) is 0. The third-order valence-corrected chi connectivity index (χ3v) is 6.28. The highest BCUT2D eigenvalue weighted by atomic mass is 19.4. The predicted octanol–water partition coefficient (Wildman–Crippen LogP) is 6.79. The van der Waals surface area contributed by atoms with Crippen molar-refractivity contribution in [1.29, 1.82) is 0 Å². The third kappa shape index (κ3) is 7.68. The molecule has 1 atom stereocenters. The van der Waals surface area contributed by atoms with Gasteiger partial charge in [-0.3, -0.25) is 0 Å². The summed E-state index contributed by atoms with van der Waals surface area (Å²) < 4.78 is 79.3. The maximum absolute atomic E-state index is 13.5. The van der Waals surface area contributed by atoms with Gasteiger partial charge in [0.1, 0.15) is 5.69 Å². The largest absolute Gasteiger partial charge is 0.433 e. The first kappa shape index (κ1) is 29.3. The Balaban J connectivity index is 1.42.